The van der Waals surface area contributed by atoms with Gasteiger partial charge in [0.1, 0.15) is 43.3 Å². The summed E-state index contributed by atoms with van der Waals surface area (Å²) in [5, 5.41) is 69.6. The molecule has 0 aliphatic carbocycles. The number of amides is 4. The Morgan fingerprint density at radius 1 is 0.754 bits per heavy atom. The number of nitrogens with two attached hydrogens (primary N) is 3. The van der Waals surface area contributed by atoms with Crippen LogP contribution >= 0.6 is 35.3 Å². The molecular formula is C31H44N8O15S3. The third-order valence-electron chi connectivity index (χ3n) is 7.76. The van der Waals surface area contributed by atoms with Crippen LogP contribution < -0.4 is 43.8 Å². The maximum Gasteiger partial charge on any atom is 0.327 e. The molecule has 1 heterocycles. The van der Waals surface area contributed by atoms with Gasteiger partial charge in [0, 0.05) is 39.9 Å². The molecule has 5 atom stereocenters. The number of carboxylic acid groups (broad SMARTS) is 5. The van der Waals surface area contributed by atoms with E-state index in [1.807, 2.05) is 0 Å². The van der Waals surface area contributed by atoms with Gasteiger partial charge in [-0.15, -0.1) is 35.3 Å². The Morgan fingerprint density at radius 2 is 1.21 bits per heavy atom. The molecule has 0 saturated heterocycles. The van der Waals surface area contributed by atoms with Crippen LogP contribution in [0.4, 0.5) is 5.69 Å². The van der Waals surface area contributed by atoms with Gasteiger partial charge in [0.15, 0.2) is 5.75 Å². The first-order chi connectivity index (χ1) is 26.8. The molecule has 26 heteroatoms. The van der Waals surface area contributed by atoms with E-state index in [1.54, 1.807) is 0 Å². The molecule has 2 rings (SSSR count). The van der Waals surface area contributed by atoms with Crippen LogP contribution in [0, 0.1) is 0 Å². The zero-order chi connectivity index (χ0) is 43.0. The van der Waals surface area contributed by atoms with Crippen molar-refractivity contribution in [1.29, 1.82) is 0 Å². The maximum absolute atomic E-state index is 13.1. The Kier molecular flexibility index (Phi) is 19.6. The number of carbonyl (C=O) groups excluding carboxylic acids is 4. The summed E-state index contributed by atoms with van der Waals surface area (Å²) >= 11 is 2.71. The largest absolute Gasteiger partial charge is 0.505 e. The SMILES string of the molecule is NCCc1c2c(c(O)c(SC[C@H](NC(=O)CC[C@H](N)C(=O)O)C(=O)NCC(=O)O)c1SC[C@H](NC(=O)CC[C@H](N)C(=O)O)C(=O)NCC(=O)O)NC(C(=O)O)CS2. The molecule has 1 aromatic carbocycles. The standard InChI is InChI=1S/C31H44N8O15S3/c32-6-5-12-24-22(39-17(11-55-24)31(53)54)23(46)26(57-10-16(28(48)36-8-21(44)45)38-19(41)4-2-14(34)30(51)52)25(12)56-9-15(27(47)35-7-20(42)43)37-18(40)3-1-13(33)29(49)50/h13-17,39,46H,1-11,32-34H2,(H,35,47)(H,36,48)(H,37,40)(H,38,41)(H,42,43)(H,44,45)(H,49,50)(H,51,52)(H,53,54)/t13-,14-,15-,16-,17?/m0/s1. The van der Waals surface area contributed by atoms with Crippen molar-refractivity contribution >= 4 is 94.4 Å². The van der Waals surface area contributed by atoms with Crippen molar-refractivity contribution in [2.24, 2.45) is 17.2 Å². The van der Waals surface area contributed by atoms with Gasteiger partial charge in [0.2, 0.25) is 23.6 Å². The molecule has 57 heavy (non-hydrogen) atoms. The van der Waals surface area contributed by atoms with Gasteiger partial charge in [-0.3, -0.25) is 38.4 Å². The predicted octanol–water partition coefficient (Wildman–Crippen LogP) is -3.20. The topological polar surface area (TPSA) is 413 Å². The number of nitrogens with one attached hydrogen (secondary N) is 5. The second-order valence-electron chi connectivity index (χ2n) is 12.1. The number of aliphatic carboxylic acids is 5. The molecule has 0 saturated carbocycles. The number of hydrogen-bond donors (Lipinski definition) is 14. The van der Waals surface area contributed by atoms with Crippen molar-refractivity contribution in [3.05, 3.63) is 5.56 Å². The number of rotatable bonds is 25. The highest BCUT2D eigenvalue weighted by atomic mass is 32.2. The number of phenols is 1. The lowest BCUT2D eigenvalue weighted by Crippen LogP contribution is -2.49. The van der Waals surface area contributed by atoms with Gasteiger partial charge < -0.3 is 74.4 Å². The van der Waals surface area contributed by atoms with E-state index in [0.29, 0.717) is 10.5 Å². The highest BCUT2D eigenvalue weighted by Crippen LogP contribution is 2.52. The summed E-state index contributed by atoms with van der Waals surface area (Å²) < 4.78 is 0. The summed E-state index contributed by atoms with van der Waals surface area (Å²) in [5.41, 5.74) is 17.4. The van der Waals surface area contributed by atoms with Crippen LogP contribution in [0.2, 0.25) is 0 Å². The number of aromatic hydroxyl groups is 1. The van der Waals surface area contributed by atoms with Crippen LogP contribution in [0.15, 0.2) is 14.7 Å². The minimum absolute atomic E-state index is 0.00801. The lowest BCUT2D eigenvalue weighted by atomic mass is 10.1. The van der Waals surface area contributed by atoms with Gasteiger partial charge in [-0.2, -0.15) is 0 Å². The van der Waals surface area contributed by atoms with Gasteiger partial charge in [0.05, 0.1) is 10.6 Å². The van der Waals surface area contributed by atoms with Crippen LogP contribution in [-0.4, -0.2) is 151 Å². The smallest absolute Gasteiger partial charge is 0.327 e. The van der Waals surface area contributed by atoms with Crippen LogP contribution in [0.1, 0.15) is 31.2 Å². The third-order valence-corrected chi connectivity index (χ3v) is 11.6. The Morgan fingerprint density at radius 3 is 1.61 bits per heavy atom. The zero-order valence-corrected chi connectivity index (χ0v) is 32.4. The zero-order valence-electron chi connectivity index (χ0n) is 30.0. The number of carboxylic acids is 5. The molecule has 4 amide bonds. The highest BCUT2D eigenvalue weighted by Gasteiger charge is 2.34. The monoisotopic (exact) mass is 864 g/mol. The highest BCUT2D eigenvalue weighted by molar-refractivity contribution is 8.02. The molecule has 1 aliphatic rings. The van der Waals surface area contributed by atoms with Gasteiger partial charge >= 0.3 is 29.8 Å². The molecule has 1 aliphatic heterocycles. The van der Waals surface area contributed by atoms with Crippen molar-refractivity contribution < 1.29 is 73.8 Å². The summed E-state index contributed by atoms with van der Waals surface area (Å²) in [6.45, 7) is -1.66. The fourth-order valence-corrected chi connectivity index (χ4v) is 8.70. The van der Waals surface area contributed by atoms with Gasteiger partial charge in [-0.25, -0.2) is 4.79 Å². The van der Waals surface area contributed by atoms with Gasteiger partial charge in [-0.05, 0) is 31.4 Å². The average Bonchev–Trinajstić information content (AvgIpc) is 3.15. The number of hydrogen-bond acceptors (Lipinski definition) is 17. The molecule has 0 aromatic heterocycles. The molecule has 0 fully saturated rings. The molecule has 1 unspecified atom stereocenters. The van der Waals surface area contributed by atoms with Crippen LogP contribution in [0.25, 0.3) is 0 Å². The van der Waals surface area contributed by atoms with Crippen molar-refractivity contribution in [3.8, 4) is 5.75 Å². The molecule has 23 nitrogen and oxygen atoms in total. The van der Waals surface area contributed by atoms with E-state index in [1.165, 1.54) is 0 Å². The predicted molar refractivity (Wildman–Crippen MR) is 203 cm³/mol. The summed E-state index contributed by atoms with van der Waals surface area (Å²) in [4.78, 5) is 109. The van der Waals surface area contributed by atoms with Crippen LogP contribution in [0.5, 0.6) is 5.75 Å². The summed E-state index contributed by atoms with van der Waals surface area (Å²) in [6, 6.07) is -6.92. The first-order valence-electron chi connectivity index (χ1n) is 16.8. The fourth-order valence-electron chi connectivity index (χ4n) is 4.81. The van der Waals surface area contributed by atoms with E-state index in [0.717, 1.165) is 35.3 Å². The average molecular weight is 865 g/mol. The van der Waals surface area contributed by atoms with E-state index >= 15 is 0 Å². The third kappa shape index (κ3) is 15.4. The number of carbonyl (C=O) groups is 9. The minimum atomic E-state index is -1.51. The quantitative estimate of drug-likeness (QED) is 0.0340. The molecule has 316 valence electrons. The second kappa shape index (κ2) is 23.3. The Bertz CT molecular complexity index is 1720. The number of fused-ring (bicyclic) bond motifs is 1. The van der Waals surface area contributed by atoms with E-state index < -0.39 is 121 Å². The molecule has 0 bridgehead atoms. The summed E-state index contributed by atoms with van der Waals surface area (Å²) in [7, 11) is 0. The van der Waals surface area contributed by atoms with E-state index in [9.17, 15) is 53.4 Å². The molecule has 0 radical (unpaired) electrons. The number of benzene rings is 1. The van der Waals surface area contributed by atoms with Crippen LogP contribution in [0.3, 0.4) is 0 Å². The Labute approximate surface area is 336 Å². The molecular weight excluding hydrogens is 821 g/mol. The fraction of sp³-hybridized carbons (Fsp3) is 0.516. The number of anilines is 1. The lowest BCUT2D eigenvalue weighted by Gasteiger charge is -2.30. The van der Waals surface area contributed by atoms with Crippen LogP contribution in [-0.2, 0) is 49.6 Å². The first kappa shape index (κ1) is 48.1. The number of phenolic OH excluding ortho intramolecular Hbond substituents is 1. The van der Waals surface area contributed by atoms with E-state index in [-0.39, 0.29) is 52.8 Å². The Balaban J connectivity index is 2.63. The summed E-state index contributed by atoms with van der Waals surface area (Å²) in [5.74, 6) is -11.6. The lowest BCUT2D eigenvalue weighted by molar-refractivity contribution is -0.140. The molecule has 0 spiro atoms. The first-order valence-corrected chi connectivity index (χ1v) is 19.8. The minimum Gasteiger partial charge on any atom is -0.505 e. The van der Waals surface area contributed by atoms with E-state index in [4.69, 9.17) is 37.6 Å². The number of thioether (sulfide) groups is 3. The molecule has 17 N–H and O–H groups in total. The van der Waals surface area contributed by atoms with Gasteiger partial charge in [-0.1, -0.05) is 0 Å². The molecule has 1 aromatic rings. The van der Waals surface area contributed by atoms with Crippen molar-refractivity contribution in [2.75, 3.05) is 42.2 Å². The maximum atomic E-state index is 13.1. The summed E-state index contributed by atoms with van der Waals surface area (Å²) in [6.07, 6.45) is -1.38. The second-order valence-corrected chi connectivity index (χ2v) is 15.2. The van der Waals surface area contributed by atoms with Crippen molar-refractivity contribution in [3.63, 3.8) is 0 Å². The Hall–Kier alpha value is -5.02. The van der Waals surface area contributed by atoms with Crippen molar-refractivity contribution in [1.82, 2.24) is 21.3 Å². The van der Waals surface area contributed by atoms with Gasteiger partial charge in [0.25, 0.3) is 0 Å². The normalized spacial score (nSPS) is 15.3. The van der Waals surface area contributed by atoms with E-state index in [2.05, 4.69) is 26.6 Å². The van der Waals surface area contributed by atoms with Crippen molar-refractivity contribution in [2.45, 2.75) is 77.0 Å².